The summed E-state index contributed by atoms with van der Waals surface area (Å²) in [6, 6.07) is 7.60. The number of carboxylic acids is 2. The largest absolute Gasteiger partial charge is 0.478 e. The van der Waals surface area contributed by atoms with E-state index in [1.807, 2.05) is 31.2 Å². The van der Waals surface area contributed by atoms with Crippen molar-refractivity contribution in [2.75, 3.05) is 32.6 Å². The molecule has 1 aromatic carbocycles. The smallest absolute Gasteiger partial charge is 0.328 e. The maximum atomic E-state index is 11.4. The molecule has 0 saturated carbocycles. The first-order chi connectivity index (χ1) is 14.3. The van der Waals surface area contributed by atoms with E-state index in [9.17, 15) is 13.8 Å². The number of oxime groups is 1. The Bertz CT molecular complexity index is 702. The van der Waals surface area contributed by atoms with E-state index in [2.05, 4.69) is 5.16 Å². The Hall–Kier alpha value is -2.56. The first-order valence-electron chi connectivity index (χ1n) is 9.36. The molecule has 0 heterocycles. The van der Waals surface area contributed by atoms with Gasteiger partial charge < -0.3 is 25.5 Å². The van der Waals surface area contributed by atoms with Crippen LogP contribution in [-0.4, -0.2) is 64.7 Å². The van der Waals surface area contributed by atoms with E-state index in [1.165, 1.54) is 0 Å². The molecule has 0 bridgehead atoms. The van der Waals surface area contributed by atoms with Crippen LogP contribution in [0.5, 0.6) is 0 Å². The molecule has 9 nitrogen and oxygen atoms in total. The topological polar surface area (TPSA) is 149 Å². The standard InChI is InChI=1S/C16H26N2O3S.C4H4O4/c1-3-20-12-5-4-6-16(18-21-13-11-17)14-7-9-15(10-8-14)22(2)19;5-3(6)1-2-4(7)8/h7-10H,3-6,11-13,17H2,1-2H3;1-2H,(H,5,6)(H,7,8)/b;2-1+. The lowest BCUT2D eigenvalue weighted by Gasteiger charge is -2.08. The molecule has 168 valence electrons. The molecule has 1 atom stereocenters. The minimum absolute atomic E-state index is 0.402. The number of carboxylic acid groups (broad SMARTS) is 2. The van der Waals surface area contributed by atoms with Crippen molar-refractivity contribution in [3.8, 4) is 0 Å². The Morgan fingerprint density at radius 2 is 1.70 bits per heavy atom. The zero-order valence-electron chi connectivity index (χ0n) is 17.3. The maximum Gasteiger partial charge on any atom is 0.328 e. The molecule has 0 aliphatic heterocycles. The monoisotopic (exact) mass is 442 g/mol. The summed E-state index contributed by atoms with van der Waals surface area (Å²) in [5, 5.41) is 19.8. The van der Waals surface area contributed by atoms with E-state index < -0.39 is 22.7 Å². The zero-order valence-corrected chi connectivity index (χ0v) is 18.1. The van der Waals surface area contributed by atoms with Crippen molar-refractivity contribution in [3.63, 3.8) is 0 Å². The van der Waals surface area contributed by atoms with Gasteiger partial charge in [0.15, 0.2) is 0 Å². The van der Waals surface area contributed by atoms with Crippen LogP contribution in [-0.2, 0) is 30.0 Å². The Morgan fingerprint density at radius 1 is 1.10 bits per heavy atom. The molecule has 0 spiro atoms. The van der Waals surface area contributed by atoms with Crippen LogP contribution in [0.25, 0.3) is 0 Å². The zero-order chi connectivity index (χ0) is 22.8. The molecule has 0 amide bonds. The van der Waals surface area contributed by atoms with Gasteiger partial charge in [-0.25, -0.2) is 9.59 Å². The predicted octanol–water partition coefficient (Wildman–Crippen LogP) is 2.02. The molecule has 1 rings (SSSR count). The number of hydrogen-bond acceptors (Lipinski definition) is 7. The summed E-state index contributed by atoms with van der Waals surface area (Å²) in [5.41, 5.74) is 7.29. The fourth-order valence-corrected chi connectivity index (χ4v) is 2.56. The minimum atomic E-state index is -1.26. The Labute approximate surface area is 179 Å². The lowest BCUT2D eigenvalue weighted by Crippen LogP contribution is -2.09. The molecule has 0 fully saturated rings. The van der Waals surface area contributed by atoms with Gasteiger partial charge in [-0.1, -0.05) is 17.3 Å². The molecule has 0 radical (unpaired) electrons. The van der Waals surface area contributed by atoms with Gasteiger partial charge in [0.05, 0.1) is 5.71 Å². The fraction of sp³-hybridized carbons (Fsp3) is 0.450. The SMILES string of the molecule is CCOCCCCC(=NOCCN)c1ccc(S(C)=O)cc1.O=C(O)/C=C/C(=O)O. The van der Waals surface area contributed by atoms with Gasteiger partial charge in [-0.3, -0.25) is 4.21 Å². The van der Waals surface area contributed by atoms with Crippen LogP contribution >= 0.6 is 0 Å². The van der Waals surface area contributed by atoms with Gasteiger partial charge in [-0.2, -0.15) is 0 Å². The summed E-state index contributed by atoms with van der Waals surface area (Å²) in [6.45, 7) is 4.35. The highest BCUT2D eigenvalue weighted by Gasteiger charge is 2.06. The molecule has 1 unspecified atom stereocenters. The number of nitrogens with zero attached hydrogens (tertiary/aromatic N) is 1. The number of benzene rings is 1. The third kappa shape index (κ3) is 14.4. The number of hydrogen-bond donors (Lipinski definition) is 3. The Kier molecular flexibility index (Phi) is 15.8. The van der Waals surface area contributed by atoms with Crippen LogP contribution in [0.3, 0.4) is 0 Å². The second kappa shape index (κ2) is 17.3. The third-order valence-electron chi connectivity index (χ3n) is 3.43. The second-order valence-corrected chi connectivity index (χ2v) is 7.18. The van der Waals surface area contributed by atoms with Crippen molar-refractivity contribution in [3.05, 3.63) is 42.0 Å². The first-order valence-corrected chi connectivity index (χ1v) is 10.9. The molecule has 30 heavy (non-hydrogen) atoms. The van der Waals surface area contributed by atoms with Gasteiger partial charge in [0, 0.05) is 53.9 Å². The van der Waals surface area contributed by atoms with Crippen LogP contribution in [0.2, 0.25) is 0 Å². The number of carbonyl (C=O) groups is 2. The lowest BCUT2D eigenvalue weighted by molar-refractivity contribution is -0.134. The highest BCUT2D eigenvalue weighted by Crippen LogP contribution is 2.13. The van der Waals surface area contributed by atoms with Crippen molar-refractivity contribution in [1.82, 2.24) is 0 Å². The highest BCUT2D eigenvalue weighted by molar-refractivity contribution is 7.84. The van der Waals surface area contributed by atoms with E-state index in [0.717, 1.165) is 48.6 Å². The number of unbranched alkanes of at least 4 members (excludes halogenated alkanes) is 1. The second-order valence-electron chi connectivity index (χ2n) is 5.80. The van der Waals surface area contributed by atoms with E-state index >= 15 is 0 Å². The van der Waals surface area contributed by atoms with Gasteiger partial charge >= 0.3 is 11.9 Å². The first kappa shape index (κ1) is 27.4. The van der Waals surface area contributed by atoms with Crippen molar-refractivity contribution >= 4 is 28.4 Å². The average Bonchev–Trinajstić information content (AvgIpc) is 2.71. The summed E-state index contributed by atoms with van der Waals surface area (Å²) in [6.07, 6.45) is 5.56. The van der Waals surface area contributed by atoms with Gasteiger partial charge in [0.25, 0.3) is 0 Å². The van der Waals surface area contributed by atoms with E-state index in [1.54, 1.807) is 6.26 Å². The minimum Gasteiger partial charge on any atom is -0.478 e. The molecule has 0 aliphatic rings. The van der Waals surface area contributed by atoms with E-state index in [-0.39, 0.29) is 0 Å². The van der Waals surface area contributed by atoms with Crippen LogP contribution in [0.1, 0.15) is 31.7 Å². The average molecular weight is 443 g/mol. The van der Waals surface area contributed by atoms with Crippen LogP contribution in [0, 0.1) is 0 Å². The highest BCUT2D eigenvalue weighted by atomic mass is 32.2. The molecule has 0 aliphatic carbocycles. The van der Waals surface area contributed by atoms with Crippen LogP contribution < -0.4 is 5.73 Å². The molecule has 0 aromatic heterocycles. The number of aliphatic carboxylic acids is 2. The van der Waals surface area contributed by atoms with Crippen molar-refractivity contribution < 1.29 is 33.6 Å². The van der Waals surface area contributed by atoms with Crippen molar-refractivity contribution in [2.24, 2.45) is 10.9 Å². The third-order valence-corrected chi connectivity index (χ3v) is 4.36. The lowest BCUT2D eigenvalue weighted by atomic mass is 10.0. The number of rotatable bonds is 13. The molecular formula is C20H30N2O7S. The molecular weight excluding hydrogens is 412 g/mol. The normalized spacial score (nSPS) is 12.2. The van der Waals surface area contributed by atoms with Gasteiger partial charge in [0.2, 0.25) is 0 Å². The van der Waals surface area contributed by atoms with Crippen LogP contribution in [0.15, 0.2) is 46.5 Å². The fourth-order valence-electron chi connectivity index (χ4n) is 2.04. The van der Waals surface area contributed by atoms with Crippen molar-refractivity contribution in [2.45, 2.75) is 31.1 Å². The summed E-state index contributed by atoms with van der Waals surface area (Å²) in [5.74, 6) is -2.51. The summed E-state index contributed by atoms with van der Waals surface area (Å²) in [4.78, 5) is 25.1. The Balaban J connectivity index is 0.000000890. The molecule has 0 saturated heterocycles. The summed E-state index contributed by atoms with van der Waals surface area (Å²) < 4.78 is 16.8. The van der Waals surface area contributed by atoms with Gasteiger partial charge in [-0.05, 0) is 43.9 Å². The predicted molar refractivity (Wildman–Crippen MR) is 115 cm³/mol. The van der Waals surface area contributed by atoms with Gasteiger partial charge in [-0.15, -0.1) is 0 Å². The van der Waals surface area contributed by atoms with E-state index in [0.29, 0.717) is 25.3 Å². The quantitative estimate of drug-likeness (QED) is 0.182. The number of nitrogens with two attached hydrogens (primary N) is 1. The van der Waals surface area contributed by atoms with E-state index in [4.69, 9.17) is 25.5 Å². The molecule has 4 N–H and O–H groups in total. The molecule has 1 aromatic rings. The van der Waals surface area contributed by atoms with Crippen molar-refractivity contribution in [1.29, 1.82) is 0 Å². The summed E-state index contributed by atoms with van der Waals surface area (Å²) in [7, 11) is -0.971. The maximum absolute atomic E-state index is 11.4. The molecule has 10 heteroatoms. The van der Waals surface area contributed by atoms with Crippen LogP contribution in [0.4, 0.5) is 0 Å². The Morgan fingerprint density at radius 3 is 2.17 bits per heavy atom. The number of ether oxygens (including phenoxy) is 1. The summed E-state index contributed by atoms with van der Waals surface area (Å²) >= 11 is 0. The van der Waals surface area contributed by atoms with Gasteiger partial charge in [0.1, 0.15) is 6.61 Å².